The van der Waals surface area contributed by atoms with Crippen molar-refractivity contribution in [2.24, 2.45) is 4.99 Å². The highest BCUT2D eigenvalue weighted by Crippen LogP contribution is 2.23. The molecule has 1 rings (SSSR count). The minimum Gasteiger partial charge on any atom is -0.323 e. The van der Waals surface area contributed by atoms with Gasteiger partial charge in [0, 0.05) is 0 Å². The molecular weight excluding hydrogens is 206 g/mol. The van der Waals surface area contributed by atoms with E-state index in [9.17, 15) is 9.59 Å². The number of nitrogens with one attached hydrogen (secondary N) is 1. The number of hydrogen-bond acceptors (Lipinski definition) is 4. The molecule has 16 heavy (non-hydrogen) atoms. The fourth-order valence-electron chi connectivity index (χ4n) is 1.20. The number of likely N-dealkylation sites (N-methyl/N-ethyl adjacent to an activating group) is 1. The Morgan fingerprint density at radius 3 is 2.75 bits per heavy atom. The molecular formula is C11H13N3O2. The third-order valence-corrected chi connectivity index (χ3v) is 1.80. The van der Waals surface area contributed by atoms with Crippen LogP contribution in [0, 0.1) is 0 Å². The third kappa shape index (κ3) is 3.65. The molecule has 1 aromatic rings. The van der Waals surface area contributed by atoms with Crippen molar-refractivity contribution in [3.8, 4) is 0 Å². The summed E-state index contributed by atoms with van der Waals surface area (Å²) in [6.07, 6.45) is 1.45. The molecule has 1 aromatic carbocycles. The van der Waals surface area contributed by atoms with Crippen molar-refractivity contribution in [2.75, 3.05) is 26.0 Å². The van der Waals surface area contributed by atoms with Crippen LogP contribution in [0.25, 0.3) is 0 Å². The first-order chi connectivity index (χ1) is 7.63. The molecule has 1 N–H and O–H groups in total. The predicted octanol–water partition coefficient (Wildman–Crippen LogP) is 1.15. The van der Waals surface area contributed by atoms with Crippen LogP contribution in [0.2, 0.25) is 0 Å². The van der Waals surface area contributed by atoms with E-state index in [2.05, 4.69) is 10.3 Å². The summed E-state index contributed by atoms with van der Waals surface area (Å²) in [7, 11) is 3.60. The molecule has 0 aliphatic carbocycles. The Morgan fingerprint density at radius 1 is 1.44 bits per heavy atom. The fraction of sp³-hybridized carbons (Fsp3) is 0.273. The number of carbonyl (C=O) groups excluding carboxylic acids is 2. The maximum atomic E-state index is 11.5. The lowest BCUT2D eigenvalue weighted by Crippen LogP contribution is -2.27. The Morgan fingerprint density at radius 2 is 2.12 bits per heavy atom. The second-order valence-corrected chi connectivity index (χ2v) is 3.51. The number of isocyanates is 1. The number of carbonyl (C=O) groups is 1. The molecule has 0 unspecified atom stereocenters. The molecule has 0 saturated carbocycles. The maximum absolute atomic E-state index is 11.5. The number of para-hydroxylation sites is 2. The van der Waals surface area contributed by atoms with E-state index in [1.165, 1.54) is 6.08 Å². The Labute approximate surface area is 93.8 Å². The molecule has 0 aliphatic heterocycles. The van der Waals surface area contributed by atoms with Gasteiger partial charge in [-0.2, -0.15) is 4.99 Å². The summed E-state index contributed by atoms with van der Waals surface area (Å²) in [6.45, 7) is 0.277. The smallest absolute Gasteiger partial charge is 0.240 e. The summed E-state index contributed by atoms with van der Waals surface area (Å²) in [5.74, 6) is -0.154. The number of amides is 1. The van der Waals surface area contributed by atoms with E-state index in [0.717, 1.165) is 0 Å². The summed E-state index contributed by atoms with van der Waals surface area (Å²) in [5.41, 5.74) is 0.919. The standard InChI is InChI=1S/C11H13N3O2/c1-14(2)7-11(16)13-10-6-4-3-5-9(10)12-8-15/h3-6H,7H2,1-2H3,(H,13,16). The van der Waals surface area contributed by atoms with E-state index in [4.69, 9.17) is 0 Å². The summed E-state index contributed by atoms with van der Waals surface area (Å²) in [5, 5.41) is 2.67. The van der Waals surface area contributed by atoms with Gasteiger partial charge in [-0.15, -0.1) is 0 Å². The van der Waals surface area contributed by atoms with Gasteiger partial charge in [0.2, 0.25) is 12.0 Å². The normalized spacial score (nSPS) is 9.69. The first kappa shape index (κ1) is 12.1. The largest absolute Gasteiger partial charge is 0.323 e. The molecule has 5 nitrogen and oxygen atoms in total. The number of benzene rings is 1. The second kappa shape index (κ2) is 5.80. The van der Waals surface area contributed by atoms with Crippen molar-refractivity contribution in [1.29, 1.82) is 0 Å². The lowest BCUT2D eigenvalue weighted by molar-refractivity contribution is -0.116. The Hall–Kier alpha value is -1.97. The van der Waals surface area contributed by atoms with Gasteiger partial charge in [-0.1, -0.05) is 12.1 Å². The van der Waals surface area contributed by atoms with E-state index >= 15 is 0 Å². The zero-order chi connectivity index (χ0) is 12.0. The first-order valence-corrected chi connectivity index (χ1v) is 4.75. The van der Waals surface area contributed by atoms with Crippen molar-refractivity contribution in [3.05, 3.63) is 24.3 Å². The topological polar surface area (TPSA) is 61.8 Å². The van der Waals surface area contributed by atoms with Crippen molar-refractivity contribution in [1.82, 2.24) is 4.90 Å². The molecule has 1 amide bonds. The lowest BCUT2D eigenvalue weighted by Gasteiger charge is -2.10. The molecule has 0 bridgehead atoms. The van der Waals surface area contributed by atoms with Gasteiger partial charge in [0.05, 0.1) is 17.9 Å². The molecule has 0 fully saturated rings. The minimum absolute atomic E-state index is 0.154. The number of nitrogens with zero attached hydrogens (tertiary/aromatic N) is 2. The molecule has 0 aliphatic rings. The molecule has 0 atom stereocenters. The van der Waals surface area contributed by atoms with Crippen LogP contribution in [0.5, 0.6) is 0 Å². The van der Waals surface area contributed by atoms with Crippen LogP contribution in [-0.4, -0.2) is 37.5 Å². The van der Waals surface area contributed by atoms with E-state index in [0.29, 0.717) is 11.4 Å². The molecule has 84 valence electrons. The second-order valence-electron chi connectivity index (χ2n) is 3.51. The van der Waals surface area contributed by atoms with Gasteiger partial charge < -0.3 is 10.2 Å². The van der Waals surface area contributed by atoms with E-state index in [1.54, 1.807) is 43.3 Å². The highest BCUT2D eigenvalue weighted by atomic mass is 16.2. The maximum Gasteiger partial charge on any atom is 0.240 e. The summed E-state index contributed by atoms with van der Waals surface area (Å²) >= 11 is 0. The Kier molecular flexibility index (Phi) is 4.39. The molecule has 5 heteroatoms. The van der Waals surface area contributed by atoms with Gasteiger partial charge in [0.1, 0.15) is 0 Å². The van der Waals surface area contributed by atoms with E-state index in [-0.39, 0.29) is 12.5 Å². The third-order valence-electron chi connectivity index (χ3n) is 1.80. The van der Waals surface area contributed by atoms with Crippen LogP contribution in [-0.2, 0) is 9.59 Å². The van der Waals surface area contributed by atoms with Crippen molar-refractivity contribution in [2.45, 2.75) is 0 Å². The quantitative estimate of drug-likeness (QED) is 0.610. The van der Waals surface area contributed by atoms with E-state index in [1.807, 2.05) is 0 Å². The number of anilines is 1. The molecule has 0 aromatic heterocycles. The van der Waals surface area contributed by atoms with Crippen molar-refractivity contribution in [3.63, 3.8) is 0 Å². The zero-order valence-electron chi connectivity index (χ0n) is 9.23. The Balaban J connectivity index is 2.80. The Bertz CT molecular complexity index is 423. The van der Waals surface area contributed by atoms with Gasteiger partial charge in [0.25, 0.3) is 0 Å². The monoisotopic (exact) mass is 219 g/mol. The highest BCUT2D eigenvalue weighted by Gasteiger charge is 2.06. The molecule has 0 radical (unpaired) electrons. The van der Waals surface area contributed by atoms with Crippen LogP contribution in [0.4, 0.5) is 11.4 Å². The fourth-order valence-corrected chi connectivity index (χ4v) is 1.20. The zero-order valence-corrected chi connectivity index (χ0v) is 9.23. The van der Waals surface area contributed by atoms with Crippen molar-refractivity contribution >= 4 is 23.4 Å². The number of rotatable bonds is 4. The SMILES string of the molecule is CN(C)CC(=O)Nc1ccccc1N=C=O. The van der Waals surface area contributed by atoms with Crippen LogP contribution in [0.3, 0.4) is 0 Å². The van der Waals surface area contributed by atoms with Gasteiger partial charge in [-0.05, 0) is 26.2 Å². The van der Waals surface area contributed by atoms with Gasteiger partial charge in [-0.25, -0.2) is 4.79 Å². The first-order valence-electron chi connectivity index (χ1n) is 4.75. The molecule has 0 saturated heterocycles. The van der Waals surface area contributed by atoms with Crippen LogP contribution in [0.15, 0.2) is 29.3 Å². The number of aliphatic imine (C=N–C) groups is 1. The molecule has 0 heterocycles. The highest BCUT2D eigenvalue weighted by molar-refractivity contribution is 5.95. The van der Waals surface area contributed by atoms with Crippen LogP contribution < -0.4 is 5.32 Å². The average molecular weight is 219 g/mol. The van der Waals surface area contributed by atoms with Gasteiger partial charge in [0.15, 0.2) is 0 Å². The predicted molar refractivity (Wildman–Crippen MR) is 61.4 cm³/mol. The lowest BCUT2D eigenvalue weighted by atomic mass is 10.2. The summed E-state index contributed by atoms with van der Waals surface area (Å²) in [6, 6.07) is 6.81. The van der Waals surface area contributed by atoms with Gasteiger partial charge >= 0.3 is 0 Å². The number of hydrogen-bond donors (Lipinski definition) is 1. The van der Waals surface area contributed by atoms with Crippen molar-refractivity contribution < 1.29 is 9.59 Å². The summed E-state index contributed by atoms with van der Waals surface area (Å²) < 4.78 is 0. The molecule has 0 spiro atoms. The van der Waals surface area contributed by atoms with Gasteiger partial charge in [-0.3, -0.25) is 4.79 Å². The minimum atomic E-state index is -0.154. The average Bonchev–Trinajstić information content (AvgIpc) is 2.20. The van der Waals surface area contributed by atoms with E-state index < -0.39 is 0 Å². The summed E-state index contributed by atoms with van der Waals surface area (Å²) in [4.78, 5) is 26.9. The van der Waals surface area contributed by atoms with Crippen LogP contribution >= 0.6 is 0 Å². The van der Waals surface area contributed by atoms with Crippen LogP contribution in [0.1, 0.15) is 0 Å².